The van der Waals surface area contributed by atoms with E-state index in [0.29, 0.717) is 31.6 Å². The number of hydrogen-bond donors (Lipinski definition) is 1. The highest BCUT2D eigenvalue weighted by atomic mass is 19.1. The van der Waals surface area contributed by atoms with Crippen LogP contribution in [0.2, 0.25) is 0 Å². The lowest BCUT2D eigenvalue weighted by molar-refractivity contribution is -0.141. The van der Waals surface area contributed by atoms with Crippen molar-refractivity contribution < 1.29 is 18.7 Å². The highest BCUT2D eigenvalue weighted by Crippen LogP contribution is 2.18. The molecule has 35 heavy (non-hydrogen) atoms. The number of para-hydroxylation sites is 1. The molecular weight excluding hydrogens is 443 g/mol. The van der Waals surface area contributed by atoms with Crippen LogP contribution in [0.1, 0.15) is 37.3 Å². The van der Waals surface area contributed by atoms with Crippen LogP contribution < -0.4 is 10.1 Å². The van der Waals surface area contributed by atoms with Crippen molar-refractivity contribution in [3.63, 3.8) is 0 Å². The Labute approximate surface area is 206 Å². The predicted molar refractivity (Wildman–Crippen MR) is 135 cm³/mol. The van der Waals surface area contributed by atoms with E-state index in [1.807, 2.05) is 67.6 Å². The first-order chi connectivity index (χ1) is 17.1. The van der Waals surface area contributed by atoms with E-state index in [-0.39, 0.29) is 24.8 Å². The van der Waals surface area contributed by atoms with Crippen LogP contribution in [-0.2, 0) is 22.6 Å². The van der Waals surface area contributed by atoms with Crippen LogP contribution in [0.15, 0.2) is 84.9 Å². The minimum absolute atomic E-state index is 0.0160. The van der Waals surface area contributed by atoms with Crippen LogP contribution in [-0.4, -0.2) is 35.9 Å². The maximum absolute atomic E-state index is 14.5. The lowest BCUT2D eigenvalue weighted by atomic mass is 10.0. The fraction of sp³-hybridized carbons (Fsp3) is 0.310. The molecule has 5 nitrogen and oxygen atoms in total. The van der Waals surface area contributed by atoms with Gasteiger partial charge in [-0.15, -0.1) is 0 Å². The zero-order valence-electron chi connectivity index (χ0n) is 20.2. The summed E-state index contributed by atoms with van der Waals surface area (Å²) in [7, 11) is 0. The molecule has 0 bridgehead atoms. The van der Waals surface area contributed by atoms with Crippen molar-refractivity contribution >= 4 is 11.8 Å². The van der Waals surface area contributed by atoms with Crippen molar-refractivity contribution in [1.29, 1.82) is 0 Å². The summed E-state index contributed by atoms with van der Waals surface area (Å²) in [4.78, 5) is 28.2. The molecule has 0 aliphatic rings. The Morgan fingerprint density at radius 2 is 1.60 bits per heavy atom. The lowest BCUT2D eigenvalue weighted by Crippen LogP contribution is -2.50. The smallest absolute Gasteiger partial charge is 0.243 e. The third kappa shape index (κ3) is 8.25. The van der Waals surface area contributed by atoms with E-state index in [2.05, 4.69) is 5.32 Å². The highest BCUT2D eigenvalue weighted by molar-refractivity contribution is 5.88. The molecule has 0 spiro atoms. The van der Waals surface area contributed by atoms with Gasteiger partial charge in [-0.05, 0) is 36.6 Å². The van der Waals surface area contributed by atoms with Crippen molar-refractivity contribution in [2.24, 2.45) is 0 Å². The number of rotatable bonds is 13. The van der Waals surface area contributed by atoms with Gasteiger partial charge in [0.25, 0.3) is 0 Å². The molecule has 0 aliphatic carbocycles. The van der Waals surface area contributed by atoms with E-state index in [0.717, 1.165) is 17.7 Å². The molecule has 3 rings (SSSR count). The number of halogens is 1. The molecule has 0 aliphatic heterocycles. The predicted octanol–water partition coefficient (Wildman–Crippen LogP) is 5.15. The van der Waals surface area contributed by atoms with Gasteiger partial charge >= 0.3 is 0 Å². The minimum atomic E-state index is -0.758. The molecule has 1 atom stereocenters. The lowest BCUT2D eigenvalue weighted by Gasteiger charge is -2.31. The summed E-state index contributed by atoms with van der Waals surface area (Å²) in [6.45, 7) is 2.87. The van der Waals surface area contributed by atoms with Crippen molar-refractivity contribution in [3.8, 4) is 5.75 Å². The number of carbonyl (C=O) groups is 2. The Bertz CT molecular complexity index is 1060. The van der Waals surface area contributed by atoms with Crippen molar-refractivity contribution in [2.45, 2.75) is 45.2 Å². The second-order valence-electron chi connectivity index (χ2n) is 8.37. The molecule has 2 amide bonds. The molecule has 3 aromatic rings. The summed E-state index contributed by atoms with van der Waals surface area (Å²) in [5, 5.41) is 2.93. The van der Waals surface area contributed by atoms with E-state index < -0.39 is 11.9 Å². The Kier molecular flexibility index (Phi) is 10.3. The zero-order valence-corrected chi connectivity index (χ0v) is 20.2. The van der Waals surface area contributed by atoms with Gasteiger partial charge in [-0.1, -0.05) is 73.7 Å². The number of amides is 2. The summed E-state index contributed by atoms with van der Waals surface area (Å²) in [5.74, 6) is -0.104. The largest absolute Gasteiger partial charge is 0.494 e. The third-order valence-electron chi connectivity index (χ3n) is 5.67. The van der Waals surface area contributed by atoms with Gasteiger partial charge in [0.05, 0.1) is 6.61 Å². The first kappa shape index (κ1) is 25.9. The number of carbonyl (C=O) groups excluding carboxylic acids is 2. The van der Waals surface area contributed by atoms with Crippen LogP contribution in [0, 0.1) is 5.82 Å². The molecule has 3 aromatic carbocycles. The molecular formula is C29H33FN2O3. The minimum Gasteiger partial charge on any atom is -0.494 e. The molecule has 0 saturated carbocycles. The first-order valence-electron chi connectivity index (χ1n) is 12.1. The van der Waals surface area contributed by atoms with Crippen LogP contribution in [0.5, 0.6) is 5.75 Å². The van der Waals surface area contributed by atoms with Crippen molar-refractivity contribution in [1.82, 2.24) is 10.2 Å². The summed E-state index contributed by atoms with van der Waals surface area (Å²) in [6, 6.07) is 24.6. The van der Waals surface area contributed by atoms with Gasteiger partial charge in [0.15, 0.2) is 0 Å². The van der Waals surface area contributed by atoms with Crippen LogP contribution >= 0.6 is 0 Å². The zero-order chi connectivity index (χ0) is 24.9. The van der Waals surface area contributed by atoms with Crippen LogP contribution in [0.4, 0.5) is 4.39 Å². The number of nitrogens with one attached hydrogen (secondary N) is 1. The SMILES string of the molecule is CCCNC(=O)[C@@H](Cc1ccccc1)N(Cc1ccccc1F)C(=O)CCCOc1ccccc1. The standard InChI is InChI=1S/C29H33FN2O3/c1-2-19-31-29(34)27(21-23-12-5-3-6-13-23)32(22-24-14-9-10-17-26(24)30)28(33)18-11-20-35-25-15-7-4-8-16-25/h3-10,12-17,27H,2,11,18-22H2,1H3,(H,31,34)/t27-/m1/s1. The highest BCUT2D eigenvalue weighted by Gasteiger charge is 2.30. The van der Waals surface area contributed by atoms with Gasteiger partial charge in [-0.25, -0.2) is 4.39 Å². The monoisotopic (exact) mass is 476 g/mol. The molecule has 1 N–H and O–H groups in total. The summed E-state index contributed by atoms with van der Waals surface area (Å²) in [5.41, 5.74) is 1.31. The molecule has 184 valence electrons. The molecule has 0 radical (unpaired) electrons. The Balaban J connectivity index is 1.79. The number of nitrogens with zero attached hydrogens (tertiary/aromatic N) is 1. The number of hydrogen-bond acceptors (Lipinski definition) is 3. The van der Waals surface area contributed by atoms with E-state index >= 15 is 0 Å². The Morgan fingerprint density at radius 3 is 2.29 bits per heavy atom. The molecule has 0 heterocycles. The maximum atomic E-state index is 14.5. The summed E-state index contributed by atoms with van der Waals surface area (Å²) in [6.07, 6.45) is 1.79. The van der Waals surface area contributed by atoms with Gasteiger partial charge in [-0.2, -0.15) is 0 Å². The fourth-order valence-electron chi connectivity index (χ4n) is 3.80. The van der Waals surface area contributed by atoms with Crippen molar-refractivity contribution in [2.75, 3.05) is 13.2 Å². The van der Waals surface area contributed by atoms with Crippen molar-refractivity contribution in [3.05, 3.63) is 102 Å². The van der Waals surface area contributed by atoms with Gasteiger partial charge < -0.3 is 15.0 Å². The maximum Gasteiger partial charge on any atom is 0.243 e. The third-order valence-corrected chi connectivity index (χ3v) is 5.67. The van der Waals surface area contributed by atoms with Gasteiger partial charge in [-0.3, -0.25) is 9.59 Å². The quantitative estimate of drug-likeness (QED) is 0.347. The second kappa shape index (κ2) is 13.9. The molecule has 0 aromatic heterocycles. The molecule has 0 fully saturated rings. The summed E-state index contributed by atoms with van der Waals surface area (Å²) >= 11 is 0. The van der Waals surface area contributed by atoms with Gasteiger partial charge in [0.2, 0.25) is 11.8 Å². The summed E-state index contributed by atoms with van der Waals surface area (Å²) < 4.78 is 20.3. The average Bonchev–Trinajstić information content (AvgIpc) is 2.89. The Morgan fingerprint density at radius 1 is 0.943 bits per heavy atom. The Hall–Kier alpha value is -3.67. The first-order valence-corrected chi connectivity index (χ1v) is 12.1. The van der Waals surface area contributed by atoms with E-state index in [1.165, 1.54) is 11.0 Å². The number of benzene rings is 3. The average molecular weight is 477 g/mol. The molecule has 6 heteroatoms. The normalized spacial score (nSPS) is 11.5. The second-order valence-corrected chi connectivity index (χ2v) is 8.37. The van der Waals surface area contributed by atoms with Gasteiger partial charge in [0.1, 0.15) is 17.6 Å². The van der Waals surface area contributed by atoms with Gasteiger partial charge in [0, 0.05) is 31.5 Å². The van der Waals surface area contributed by atoms with E-state index in [4.69, 9.17) is 4.74 Å². The molecule has 0 unspecified atom stereocenters. The van der Waals surface area contributed by atoms with Crippen LogP contribution in [0.25, 0.3) is 0 Å². The topological polar surface area (TPSA) is 58.6 Å². The van der Waals surface area contributed by atoms with E-state index in [1.54, 1.807) is 18.2 Å². The van der Waals surface area contributed by atoms with Crippen LogP contribution in [0.3, 0.4) is 0 Å². The number of ether oxygens (including phenoxy) is 1. The molecule has 0 saturated heterocycles. The fourth-order valence-corrected chi connectivity index (χ4v) is 3.80. The van der Waals surface area contributed by atoms with E-state index in [9.17, 15) is 14.0 Å².